The summed E-state index contributed by atoms with van der Waals surface area (Å²) in [6, 6.07) is -3.13. The van der Waals surface area contributed by atoms with Crippen LogP contribution < -0.4 is 33.2 Å². The summed E-state index contributed by atoms with van der Waals surface area (Å²) in [5, 5.41) is 16.5. The standard InChI is InChI=1S/C19H36N6O6/c1-3-11(2)16(22)18(29)23-10-15(27)24-12(6-4-5-9-20)17(28)25-13(19(30)31)7-8-14(21)26/h11-13,16H,3-10,20,22H2,1-2H3,(H2,21,26)(H,23,29)(H,24,27)(H,25,28)(H,30,31). The molecule has 4 atom stereocenters. The van der Waals surface area contributed by atoms with Crippen LogP contribution in [-0.2, 0) is 24.0 Å². The van der Waals surface area contributed by atoms with Crippen LogP contribution in [0.3, 0.4) is 0 Å². The van der Waals surface area contributed by atoms with Crippen LogP contribution in [-0.4, -0.2) is 65.9 Å². The minimum Gasteiger partial charge on any atom is -0.480 e. The van der Waals surface area contributed by atoms with E-state index in [9.17, 15) is 29.1 Å². The third kappa shape index (κ3) is 11.9. The normalized spacial score (nSPS) is 14.6. The van der Waals surface area contributed by atoms with E-state index in [-0.39, 0.29) is 31.7 Å². The SMILES string of the molecule is CCC(C)C(N)C(=O)NCC(=O)NC(CCCCN)C(=O)NC(CCC(N)=O)C(=O)O. The van der Waals surface area contributed by atoms with E-state index in [1.54, 1.807) is 0 Å². The van der Waals surface area contributed by atoms with Crippen LogP contribution in [0.1, 0.15) is 52.4 Å². The molecule has 0 bridgehead atoms. The zero-order valence-corrected chi connectivity index (χ0v) is 18.2. The quantitative estimate of drug-likeness (QED) is 0.131. The smallest absolute Gasteiger partial charge is 0.326 e. The van der Waals surface area contributed by atoms with Gasteiger partial charge in [-0.1, -0.05) is 20.3 Å². The maximum Gasteiger partial charge on any atom is 0.326 e. The highest BCUT2D eigenvalue weighted by atomic mass is 16.4. The number of nitrogens with one attached hydrogen (secondary N) is 3. The van der Waals surface area contributed by atoms with Gasteiger partial charge < -0.3 is 38.3 Å². The minimum atomic E-state index is -1.33. The van der Waals surface area contributed by atoms with Gasteiger partial charge in [0.15, 0.2) is 0 Å². The van der Waals surface area contributed by atoms with E-state index in [0.29, 0.717) is 25.8 Å². The molecule has 0 saturated carbocycles. The second kappa shape index (κ2) is 15.1. The van der Waals surface area contributed by atoms with Crippen LogP contribution >= 0.6 is 0 Å². The summed E-state index contributed by atoms with van der Waals surface area (Å²) in [6.07, 6.45) is 1.64. The Labute approximate surface area is 182 Å². The first-order valence-corrected chi connectivity index (χ1v) is 10.4. The van der Waals surface area contributed by atoms with Gasteiger partial charge >= 0.3 is 5.97 Å². The van der Waals surface area contributed by atoms with Gasteiger partial charge in [-0.3, -0.25) is 19.2 Å². The molecule has 12 nitrogen and oxygen atoms in total. The highest BCUT2D eigenvalue weighted by molar-refractivity contribution is 5.92. The molecule has 0 aromatic carbocycles. The van der Waals surface area contributed by atoms with Gasteiger partial charge in [-0.25, -0.2) is 4.79 Å². The Morgan fingerprint density at radius 3 is 2.13 bits per heavy atom. The lowest BCUT2D eigenvalue weighted by molar-refractivity contribution is -0.142. The van der Waals surface area contributed by atoms with Crippen molar-refractivity contribution in [3.63, 3.8) is 0 Å². The maximum atomic E-state index is 12.6. The van der Waals surface area contributed by atoms with E-state index in [4.69, 9.17) is 17.2 Å². The first-order valence-electron chi connectivity index (χ1n) is 10.4. The van der Waals surface area contributed by atoms with Gasteiger partial charge in [-0.2, -0.15) is 0 Å². The molecule has 0 saturated heterocycles. The lowest BCUT2D eigenvalue weighted by Crippen LogP contribution is -2.54. The van der Waals surface area contributed by atoms with E-state index in [1.165, 1.54) is 0 Å². The fourth-order valence-electron chi connectivity index (χ4n) is 2.62. The Morgan fingerprint density at radius 2 is 1.61 bits per heavy atom. The molecule has 31 heavy (non-hydrogen) atoms. The van der Waals surface area contributed by atoms with E-state index in [2.05, 4.69) is 16.0 Å². The summed E-state index contributed by atoms with van der Waals surface area (Å²) in [5.41, 5.74) is 16.3. The highest BCUT2D eigenvalue weighted by Gasteiger charge is 2.27. The Balaban J connectivity index is 4.97. The number of hydrogen-bond donors (Lipinski definition) is 7. The van der Waals surface area contributed by atoms with Gasteiger partial charge in [-0.15, -0.1) is 0 Å². The van der Waals surface area contributed by atoms with Gasteiger partial charge in [0.1, 0.15) is 12.1 Å². The monoisotopic (exact) mass is 444 g/mol. The van der Waals surface area contributed by atoms with Gasteiger partial charge in [-0.05, 0) is 38.1 Å². The Bertz CT molecular complexity index is 629. The van der Waals surface area contributed by atoms with Crippen LogP contribution in [0.5, 0.6) is 0 Å². The molecule has 0 rings (SSSR count). The average Bonchev–Trinajstić information content (AvgIpc) is 2.72. The average molecular weight is 445 g/mol. The number of hydrogen-bond acceptors (Lipinski definition) is 7. The molecule has 0 aliphatic carbocycles. The van der Waals surface area contributed by atoms with Crippen molar-refractivity contribution in [2.75, 3.05) is 13.1 Å². The van der Waals surface area contributed by atoms with Gasteiger partial charge in [0.25, 0.3) is 0 Å². The van der Waals surface area contributed by atoms with Gasteiger partial charge in [0.2, 0.25) is 23.6 Å². The first-order chi connectivity index (χ1) is 14.5. The molecule has 10 N–H and O–H groups in total. The van der Waals surface area contributed by atoms with Crippen molar-refractivity contribution >= 4 is 29.6 Å². The molecule has 0 radical (unpaired) electrons. The second-order valence-electron chi connectivity index (χ2n) is 7.44. The Hall–Kier alpha value is -2.73. The number of carbonyl (C=O) groups is 5. The van der Waals surface area contributed by atoms with Crippen molar-refractivity contribution in [2.24, 2.45) is 23.1 Å². The number of primary amides is 1. The molecule has 0 aromatic heterocycles. The highest BCUT2D eigenvalue weighted by Crippen LogP contribution is 2.06. The summed E-state index contributed by atoms with van der Waals surface area (Å²) >= 11 is 0. The van der Waals surface area contributed by atoms with Crippen LogP contribution in [0.2, 0.25) is 0 Å². The van der Waals surface area contributed by atoms with E-state index < -0.39 is 47.7 Å². The zero-order valence-electron chi connectivity index (χ0n) is 18.2. The molecular weight excluding hydrogens is 408 g/mol. The number of carbonyl (C=O) groups excluding carboxylic acids is 4. The summed E-state index contributed by atoms with van der Waals surface area (Å²) in [4.78, 5) is 59.1. The molecule has 0 spiro atoms. The summed E-state index contributed by atoms with van der Waals surface area (Å²) in [7, 11) is 0. The van der Waals surface area contributed by atoms with E-state index >= 15 is 0 Å². The molecule has 0 aliphatic heterocycles. The number of aliphatic carboxylic acids is 1. The van der Waals surface area contributed by atoms with E-state index in [0.717, 1.165) is 0 Å². The van der Waals surface area contributed by atoms with Gasteiger partial charge in [0, 0.05) is 6.42 Å². The lowest BCUT2D eigenvalue weighted by Gasteiger charge is -2.22. The third-order valence-electron chi connectivity index (χ3n) is 4.88. The van der Waals surface area contributed by atoms with Crippen molar-refractivity contribution in [3.8, 4) is 0 Å². The van der Waals surface area contributed by atoms with Crippen molar-refractivity contribution in [3.05, 3.63) is 0 Å². The fourth-order valence-corrected chi connectivity index (χ4v) is 2.62. The minimum absolute atomic E-state index is 0.0637. The molecule has 178 valence electrons. The predicted molar refractivity (Wildman–Crippen MR) is 113 cm³/mol. The van der Waals surface area contributed by atoms with Crippen LogP contribution in [0.25, 0.3) is 0 Å². The number of amides is 4. The molecule has 0 aliphatic rings. The van der Waals surface area contributed by atoms with Crippen LogP contribution in [0.4, 0.5) is 0 Å². The van der Waals surface area contributed by atoms with Crippen molar-refractivity contribution in [1.82, 2.24) is 16.0 Å². The summed E-state index contributed by atoms with van der Waals surface area (Å²) in [5.74, 6) is -3.91. The number of rotatable bonds is 16. The number of nitrogens with two attached hydrogens (primary N) is 3. The first kappa shape index (κ1) is 28.3. The van der Waals surface area contributed by atoms with Crippen LogP contribution in [0.15, 0.2) is 0 Å². The molecule has 4 unspecified atom stereocenters. The molecule has 4 amide bonds. The topological polar surface area (TPSA) is 220 Å². The van der Waals surface area contributed by atoms with Crippen molar-refractivity contribution in [2.45, 2.75) is 70.5 Å². The van der Waals surface area contributed by atoms with E-state index in [1.807, 2.05) is 13.8 Å². The maximum absolute atomic E-state index is 12.6. The summed E-state index contributed by atoms with van der Waals surface area (Å²) < 4.78 is 0. The van der Waals surface area contributed by atoms with Crippen molar-refractivity contribution < 1.29 is 29.1 Å². The largest absolute Gasteiger partial charge is 0.480 e. The molecular formula is C19H36N6O6. The number of carboxylic acids is 1. The molecule has 0 heterocycles. The Kier molecular flexibility index (Phi) is 13.8. The number of unbranched alkanes of at least 4 members (excludes halogenated alkanes) is 1. The van der Waals surface area contributed by atoms with Gasteiger partial charge in [0.05, 0.1) is 12.6 Å². The summed E-state index contributed by atoms with van der Waals surface area (Å²) in [6.45, 7) is 3.72. The number of carboxylic acid groups (broad SMARTS) is 1. The Morgan fingerprint density at radius 1 is 0.968 bits per heavy atom. The predicted octanol–water partition coefficient (Wildman–Crippen LogP) is -2.08. The second-order valence-corrected chi connectivity index (χ2v) is 7.44. The lowest BCUT2D eigenvalue weighted by atomic mass is 9.99. The molecule has 12 heteroatoms. The van der Waals surface area contributed by atoms with Crippen LogP contribution in [0, 0.1) is 5.92 Å². The zero-order chi connectivity index (χ0) is 24.0. The van der Waals surface area contributed by atoms with Crippen molar-refractivity contribution in [1.29, 1.82) is 0 Å². The third-order valence-corrected chi connectivity index (χ3v) is 4.88. The fraction of sp³-hybridized carbons (Fsp3) is 0.737. The molecule has 0 fully saturated rings. The molecule has 0 aromatic rings.